The molecule has 1 fully saturated rings. The van der Waals surface area contributed by atoms with Gasteiger partial charge in [-0.3, -0.25) is 4.68 Å². The number of likely N-dealkylation sites (tertiary alicyclic amines) is 1. The molecule has 2 heterocycles. The molecule has 15 heavy (non-hydrogen) atoms. The zero-order valence-electron chi connectivity index (χ0n) is 9.82. The van der Waals surface area contributed by atoms with E-state index in [-0.39, 0.29) is 0 Å². The monoisotopic (exact) mass is 207 g/mol. The van der Waals surface area contributed by atoms with Crippen molar-refractivity contribution in [2.75, 3.05) is 19.6 Å². The van der Waals surface area contributed by atoms with Gasteiger partial charge >= 0.3 is 0 Å². The van der Waals surface area contributed by atoms with Gasteiger partial charge in [-0.1, -0.05) is 13.8 Å². The van der Waals surface area contributed by atoms with E-state index in [2.05, 4.69) is 40.8 Å². The van der Waals surface area contributed by atoms with Gasteiger partial charge in [0.25, 0.3) is 0 Å². The van der Waals surface area contributed by atoms with Crippen LogP contribution in [0, 0.1) is 0 Å². The Labute approximate surface area is 92.1 Å². The highest BCUT2D eigenvalue weighted by Gasteiger charge is 2.11. The van der Waals surface area contributed by atoms with Crippen molar-refractivity contribution >= 4 is 0 Å². The summed E-state index contributed by atoms with van der Waals surface area (Å²) in [6.07, 6.45) is 4.85. The van der Waals surface area contributed by atoms with Crippen molar-refractivity contribution in [3.63, 3.8) is 0 Å². The maximum atomic E-state index is 4.56. The Hall–Kier alpha value is -0.830. The molecule has 1 saturated heterocycles. The van der Waals surface area contributed by atoms with E-state index >= 15 is 0 Å². The van der Waals surface area contributed by atoms with E-state index < -0.39 is 0 Å². The van der Waals surface area contributed by atoms with Crippen LogP contribution in [0.3, 0.4) is 0 Å². The van der Waals surface area contributed by atoms with Crippen LogP contribution in [0.1, 0.15) is 38.3 Å². The molecule has 0 atom stereocenters. The minimum atomic E-state index is 0.540. The Bertz CT molecular complexity index is 298. The van der Waals surface area contributed by atoms with Crippen molar-refractivity contribution in [1.29, 1.82) is 0 Å². The summed E-state index contributed by atoms with van der Waals surface area (Å²) in [6, 6.07) is 2.13. The quantitative estimate of drug-likeness (QED) is 0.754. The molecule has 1 aliphatic rings. The summed E-state index contributed by atoms with van der Waals surface area (Å²) < 4.78 is 2.08. The molecule has 0 radical (unpaired) electrons. The lowest BCUT2D eigenvalue weighted by molar-refractivity contribution is 0.315. The summed E-state index contributed by atoms with van der Waals surface area (Å²) in [5.41, 5.74) is 1.21. The number of aromatic nitrogens is 2. The van der Waals surface area contributed by atoms with Crippen LogP contribution < -0.4 is 0 Å². The standard InChI is InChI=1S/C12H21N3/c1-11(2)12-5-8-15(13-12)10-9-14-6-3-4-7-14/h5,8,11H,3-4,6-7,9-10H2,1-2H3. The average Bonchev–Trinajstić information content (AvgIpc) is 2.86. The van der Waals surface area contributed by atoms with Crippen LogP contribution in [-0.4, -0.2) is 34.3 Å². The minimum absolute atomic E-state index is 0.540. The summed E-state index contributed by atoms with van der Waals surface area (Å²) >= 11 is 0. The maximum absolute atomic E-state index is 4.56. The topological polar surface area (TPSA) is 21.1 Å². The second kappa shape index (κ2) is 4.79. The molecule has 84 valence electrons. The van der Waals surface area contributed by atoms with Gasteiger partial charge in [-0.15, -0.1) is 0 Å². The maximum Gasteiger partial charge on any atom is 0.0649 e. The minimum Gasteiger partial charge on any atom is -0.301 e. The zero-order valence-corrected chi connectivity index (χ0v) is 9.82. The summed E-state index contributed by atoms with van der Waals surface area (Å²) in [5.74, 6) is 0.540. The molecule has 0 aromatic carbocycles. The van der Waals surface area contributed by atoms with Crippen molar-refractivity contribution in [2.24, 2.45) is 0 Å². The molecule has 0 spiro atoms. The van der Waals surface area contributed by atoms with Crippen molar-refractivity contribution in [3.05, 3.63) is 18.0 Å². The highest BCUT2D eigenvalue weighted by atomic mass is 15.3. The van der Waals surface area contributed by atoms with Crippen LogP contribution in [0.2, 0.25) is 0 Å². The third-order valence-electron chi connectivity index (χ3n) is 3.10. The number of rotatable bonds is 4. The van der Waals surface area contributed by atoms with Gasteiger partial charge in [0.05, 0.1) is 12.2 Å². The Morgan fingerprint density at radius 1 is 1.27 bits per heavy atom. The molecule has 0 N–H and O–H groups in total. The molecule has 0 unspecified atom stereocenters. The number of hydrogen-bond donors (Lipinski definition) is 0. The highest BCUT2D eigenvalue weighted by Crippen LogP contribution is 2.11. The van der Waals surface area contributed by atoms with Crippen molar-refractivity contribution < 1.29 is 0 Å². The van der Waals surface area contributed by atoms with Gasteiger partial charge in [0, 0.05) is 12.7 Å². The van der Waals surface area contributed by atoms with E-state index in [9.17, 15) is 0 Å². The molecule has 1 aromatic heterocycles. The van der Waals surface area contributed by atoms with E-state index in [1.807, 2.05) is 0 Å². The van der Waals surface area contributed by atoms with Gasteiger partial charge in [0.15, 0.2) is 0 Å². The number of nitrogens with zero attached hydrogens (tertiary/aromatic N) is 3. The summed E-state index contributed by atoms with van der Waals surface area (Å²) in [5, 5.41) is 4.56. The van der Waals surface area contributed by atoms with Crippen LogP contribution in [-0.2, 0) is 6.54 Å². The van der Waals surface area contributed by atoms with E-state index in [4.69, 9.17) is 0 Å². The predicted molar refractivity (Wildman–Crippen MR) is 62.0 cm³/mol. The average molecular weight is 207 g/mol. The van der Waals surface area contributed by atoms with E-state index in [1.54, 1.807) is 0 Å². The third kappa shape index (κ3) is 2.81. The first-order valence-electron chi connectivity index (χ1n) is 6.01. The Morgan fingerprint density at radius 2 is 2.00 bits per heavy atom. The molecular weight excluding hydrogens is 186 g/mol. The lowest BCUT2D eigenvalue weighted by Crippen LogP contribution is -2.24. The largest absolute Gasteiger partial charge is 0.301 e. The van der Waals surface area contributed by atoms with Crippen LogP contribution in [0.4, 0.5) is 0 Å². The second-order valence-electron chi connectivity index (χ2n) is 4.71. The summed E-state index contributed by atoms with van der Waals surface area (Å²) in [4.78, 5) is 2.52. The van der Waals surface area contributed by atoms with Gasteiger partial charge in [-0.25, -0.2) is 0 Å². The van der Waals surface area contributed by atoms with Crippen LogP contribution >= 0.6 is 0 Å². The van der Waals surface area contributed by atoms with Crippen molar-refractivity contribution in [2.45, 2.75) is 39.2 Å². The van der Waals surface area contributed by atoms with E-state index in [1.165, 1.54) is 31.6 Å². The van der Waals surface area contributed by atoms with E-state index in [0.29, 0.717) is 5.92 Å². The van der Waals surface area contributed by atoms with Crippen LogP contribution in [0.15, 0.2) is 12.3 Å². The lowest BCUT2D eigenvalue weighted by atomic mass is 10.1. The Kier molecular flexibility index (Phi) is 3.41. The van der Waals surface area contributed by atoms with Gasteiger partial charge in [-0.2, -0.15) is 5.10 Å². The molecule has 0 aliphatic carbocycles. The van der Waals surface area contributed by atoms with Crippen molar-refractivity contribution in [3.8, 4) is 0 Å². The zero-order chi connectivity index (χ0) is 10.7. The molecule has 0 saturated carbocycles. The first-order chi connectivity index (χ1) is 7.25. The third-order valence-corrected chi connectivity index (χ3v) is 3.10. The normalized spacial score (nSPS) is 17.8. The molecular formula is C12H21N3. The van der Waals surface area contributed by atoms with E-state index in [0.717, 1.165) is 13.1 Å². The first kappa shape index (κ1) is 10.7. The van der Waals surface area contributed by atoms with Gasteiger partial charge in [0.1, 0.15) is 0 Å². The van der Waals surface area contributed by atoms with Crippen molar-refractivity contribution in [1.82, 2.24) is 14.7 Å². The highest BCUT2D eigenvalue weighted by molar-refractivity contribution is 5.03. The molecule has 3 nitrogen and oxygen atoms in total. The number of hydrogen-bond acceptors (Lipinski definition) is 2. The fraction of sp³-hybridized carbons (Fsp3) is 0.750. The molecule has 1 aliphatic heterocycles. The van der Waals surface area contributed by atoms with Crippen LogP contribution in [0.25, 0.3) is 0 Å². The first-order valence-corrected chi connectivity index (χ1v) is 6.01. The molecule has 0 amide bonds. The fourth-order valence-electron chi connectivity index (χ4n) is 2.06. The Balaban J connectivity index is 1.82. The molecule has 3 heteroatoms. The van der Waals surface area contributed by atoms with Crippen LogP contribution in [0.5, 0.6) is 0 Å². The fourth-order valence-corrected chi connectivity index (χ4v) is 2.06. The smallest absolute Gasteiger partial charge is 0.0649 e. The Morgan fingerprint density at radius 3 is 2.60 bits per heavy atom. The second-order valence-corrected chi connectivity index (χ2v) is 4.71. The predicted octanol–water partition coefficient (Wildman–Crippen LogP) is 2.10. The molecule has 2 rings (SSSR count). The lowest BCUT2D eigenvalue weighted by Gasteiger charge is -2.13. The molecule has 0 bridgehead atoms. The summed E-state index contributed by atoms with van der Waals surface area (Å²) in [6.45, 7) is 9.11. The summed E-state index contributed by atoms with van der Waals surface area (Å²) in [7, 11) is 0. The SMILES string of the molecule is CC(C)c1ccn(CCN2CCCC2)n1. The van der Waals surface area contributed by atoms with Gasteiger partial charge in [0.2, 0.25) is 0 Å². The van der Waals surface area contributed by atoms with Gasteiger partial charge in [-0.05, 0) is 37.9 Å². The van der Waals surface area contributed by atoms with Gasteiger partial charge < -0.3 is 4.90 Å². The molecule has 1 aromatic rings.